The highest BCUT2D eigenvalue weighted by Gasteiger charge is 2.41. The Morgan fingerprint density at radius 2 is 1.97 bits per heavy atom. The first kappa shape index (κ1) is 24.9. The monoisotopic (exact) mass is 571 g/mol. The van der Waals surface area contributed by atoms with E-state index in [0.29, 0.717) is 17.2 Å². The number of anilines is 2. The van der Waals surface area contributed by atoms with Crippen LogP contribution in [0.5, 0.6) is 5.75 Å². The second-order valence-electron chi connectivity index (χ2n) is 8.20. The van der Waals surface area contributed by atoms with Crippen LogP contribution >= 0.6 is 33.2 Å². The Balaban J connectivity index is 2.16. The average Bonchev–Trinajstić information content (AvgIpc) is 2.85. The van der Waals surface area contributed by atoms with Crippen molar-refractivity contribution in [2.45, 2.75) is 44.4 Å². The van der Waals surface area contributed by atoms with Crippen molar-refractivity contribution in [1.29, 1.82) is 0 Å². The number of aliphatic carboxylic acids is 1. The minimum absolute atomic E-state index is 0.251. The number of carboxylic acids is 1. The van der Waals surface area contributed by atoms with E-state index in [9.17, 15) is 13.9 Å². The van der Waals surface area contributed by atoms with E-state index in [1.807, 2.05) is 36.4 Å². The second kappa shape index (κ2) is 10.5. The molecular weight excluding hydrogens is 541 g/mol. The summed E-state index contributed by atoms with van der Waals surface area (Å²) in [4.78, 5) is 13.4. The zero-order valence-electron chi connectivity index (χ0n) is 18.3. The molecule has 2 aromatic rings. The van der Waals surface area contributed by atoms with E-state index in [-0.39, 0.29) is 11.2 Å². The van der Waals surface area contributed by atoms with E-state index in [0.717, 1.165) is 53.0 Å². The van der Waals surface area contributed by atoms with E-state index >= 15 is 0 Å². The molecule has 3 rings (SSSR count). The quantitative estimate of drug-likeness (QED) is 0.178. The average molecular weight is 571 g/mol. The van der Waals surface area contributed by atoms with E-state index in [4.69, 9.17) is 9.84 Å². The molecule has 6 nitrogen and oxygen atoms in total. The van der Waals surface area contributed by atoms with Gasteiger partial charge >= 0.3 is 5.97 Å². The third kappa shape index (κ3) is 5.59. The molecule has 0 saturated heterocycles. The number of carbonyl (C=O) groups is 1. The van der Waals surface area contributed by atoms with Crippen LogP contribution in [0, 0.1) is 8.99 Å². The molecule has 0 fully saturated rings. The van der Waals surface area contributed by atoms with E-state index in [2.05, 4.69) is 41.3 Å². The molecule has 32 heavy (non-hydrogen) atoms. The Bertz CT molecular complexity index is 982. The fourth-order valence-electron chi connectivity index (χ4n) is 4.16. The van der Waals surface area contributed by atoms with Crippen molar-refractivity contribution in [1.82, 2.24) is 0 Å². The van der Waals surface area contributed by atoms with Crippen LogP contribution < -0.4 is 9.64 Å². The third-order valence-corrected chi connectivity index (χ3v) is 8.83. The molecule has 0 amide bonds. The van der Waals surface area contributed by atoms with Gasteiger partial charge in [0.2, 0.25) is 0 Å². The molecule has 0 radical (unpaired) electrons. The first-order valence-electron chi connectivity index (χ1n) is 10.7. The zero-order valence-corrected chi connectivity index (χ0v) is 21.3. The van der Waals surface area contributed by atoms with Crippen molar-refractivity contribution in [3.63, 3.8) is 0 Å². The van der Waals surface area contributed by atoms with Crippen molar-refractivity contribution in [2.75, 3.05) is 17.2 Å². The molecule has 0 aliphatic carbocycles. The second-order valence-corrected chi connectivity index (χ2v) is 11.4. The number of fused-ring (bicyclic) bond motifs is 1. The molecule has 0 spiro atoms. The minimum Gasteiger partial charge on any atom is -0.478 e. The largest absolute Gasteiger partial charge is 0.478 e. The highest BCUT2D eigenvalue weighted by molar-refractivity contribution is 14.1. The number of hydrogen-bond donors (Lipinski definition) is 3. The maximum Gasteiger partial charge on any atom is 0.331 e. The fourth-order valence-corrected chi connectivity index (χ4v) is 6.98. The molecule has 8 heteroatoms. The van der Waals surface area contributed by atoms with Gasteiger partial charge in [-0.05, 0) is 53.6 Å². The highest BCUT2D eigenvalue weighted by Crippen LogP contribution is 2.61. The van der Waals surface area contributed by atoms with E-state index < -0.39 is 16.6 Å². The predicted octanol–water partition coefficient (Wildman–Crippen LogP) is 7.12. The zero-order chi connectivity index (χ0) is 23.4. The fraction of sp³-hybridized carbons (Fsp3) is 0.375. The molecule has 1 aliphatic rings. The first-order valence-corrected chi connectivity index (χ1v) is 13.5. The summed E-state index contributed by atoms with van der Waals surface area (Å²) < 4.78 is 29.1. The Hall–Kier alpha value is -1.75. The number of rotatable bonds is 8. The number of ether oxygens (including phenoxy) is 1. The van der Waals surface area contributed by atoms with Crippen molar-refractivity contribution < 1.29 is 23.7 Å². The molecule has 3 N–H and O–H groups in total. The van der Waals surface area contributed by atoms with Gasteiger partial charge in [-0.15, -0.1) is 0 Å². The van der Waals surface area contributed by atoms with Gasteiger partial charge in [0.25, 0.3) is 0 Å². The van der Waals surface area contributed by atoms with Gasteiger partial charge in [-0.3, -0.25) is 9.11 Å². The number of benzene rings is 2. The van der Waals surface area contributed by atoms with E-state index in [1.54, 1.807) is 6.07 Å². The summed E-state index contributed by atoms with van der Waals surface area (Å²) in [7, 11) is -3.12. The summed E-state index contributed by atoms with van der Waals surface area (Å²) in [5, 5.41) is 8.84. The van der Waals surface area contributed by atoms with Gasteiger partial charge in [-0.2, -0.15) is 10.6 Å². The minimum atomic E-state index is -3.12. The number of nitrogens with zero attached hydrogens (tertiary/aromatic N) is 1. The molecule has 1 heterocycles. The molecule has 2 aromatic carbocycles. The van der Waals surface area contributed by atoms with Crippen LogP contribution in [-0.2, 0) is 4.79 Å². The Morgan fingerprint density at radius 3 is 2.59 bits per heavy atom. The highest BCUT2D eigenvalue weighted by atomic mass is 127. The van der Waals surface area contributed by atoms with Crippen LogP contribution in [0.25, 0.3) is 0 Å². The van der Waals surface area contributed by atoms with Gasteiger partial charge in [0.1, 0.15) is 5.75 Å². The lowest BCUT2D eigenvalue weighted by atomic mass is 9.81. The summed E-state index contributed by atoms with van der Waals surface area (Å²) in [6, 6.07) is 13.6. The SMILES string of the molecule is CCCCC1(CC)CN(c2ccccc2)c2cc(I)c(O/C=C\C(=O)O)cc2S(O)(O)C1. The van der Waals surface area contributed by atoms with Crippen molar-refractivity contribution in [2.24, 2.45) is 5.41 Å². The molecule has 1 unspecified atom stereocenters. The summed E-state index contributed by atoms with van der Waals surface area (Å²) in [6.07, 6.45) is 5.82. The summed E-state index contributed by atoms with van der Waals surface area (Å²) in [5.41, 5.74) is 1.50. The van der Waals surface area contributed by atoms with Crippen LogP contribution in [0.2, 0.25) is 0 Å². The number of para-hydroxylation sites is 1. The van der Waals surface area contributed by atoms with Crippen molar-refractivity contribution >= 4 is 50.5 Å². The molecule has 0 bridgehead atoms. The van der Waals surface area contributed by atoms with Crippen molar-refractivity contribution in [3.05, 3.63) is 58.4 Å². The normalized spacial score (nSPS) is 21.1. The van der Waals surface area contributed by atoms with Gasteiger partial charge in [-0.1, -0.05) is 44.9 Å². The number of carboxylic acid groups (broad SMARTS) is 1. The lowest BCUT2D eigenvalue weighted by Gasteiger charge is -2.41. The Morgan fingerprint density at radius 1 is 1.25 bits per heavy atom. The molecule has 1 aliphatic heterocycles. The predicted molar refractivity (Wildman–Crippen MR) is 138 cm³/mol. The first-order chi connectivity index (χ1) is 15.2. The van der Waals surface area contributed by atoms with Crippen LogP contribution in [0.4, 0.5) is 11.4 Å². The van der Waals surface area contributed by atoms with Crippen LogP contribution in [0.1, 0.15) is 39.5 Å². The van der Waals surface area contributed by atoms with Crippen LogP contribution in [0.3, 0.4) is 0 Å². The molecule has 0 saturated carbocycles. The molecule has 174 valence electrons. The molecule has 0 aromatic heterocycles. The summed E-state index contributed by atoms with van der Waals surface area (Å²) in [6.45, 7) is 4.96. The lowest BCUT2D eigenvalue weighted by Crippen LogP contribution is -2.37. The maximum atomic E-state index is 11.4. The molecule has 1 atom stereocenters. The number of halogens is 1. The van der Waals surface area contributed by atoms with Gasteiger partial charge in [0, 0.05) is 29.5 Å². The smallest absolute Gasteiger partial charge is 0.331 e. The van der Waals surface area contributed by atoms with Gasteiger partial charge in [0.05, 0.1) is 26.5 Å². The topological polar surface area (TPSA) is 90.2 Å². The number of unbranched alkanes of at least 4 members (excludes halogenated alkanes) is 1. The maximum absolute atomic E-state index is 11.4. The summed E-state index contributed by atoms with van der Waals surface area (Å²) in [5.74, 6) is -0.428. The summed E-state index contributed by atoms with van der Waals surface area (Å²) >= 11 is 2.13. The Kier molecular flexibility index (Phi) is 8.13. The van der Waals surface area contributed by atoms with E-state index in [1.165, 1.54) is 0 Å². The third-order valence-electron chi connectivity index (χ3n) is 5.94. The van der Waals surface area contributed by atoms with Gasteiger partial charge in [0.15, 0.2) is 0 Å². The van der Waals surface area contributed by atoms with Gasteiger partial charge in [-0.25, -0.2) is 4.79 Å². The Labute approximate surface area is 204 Å². The van der Waals surface area contributed by atoms with Crippen LogP contribution in [0.15, 0.2) is 59.7 Å². The van der Waals surface area contributed by atoms with Crippen molar-refractivity contribution in [3.8, 4) is 5.75 Å². The lowest BCUT2D eigenvalue weighted by molar-refractivity contribution is -0.131. The standard InChI is InChI=1S/C24H30INO5S/c1-3-5-12-24(4-2)16-26(18-9-7-6-8-10-18)20-14-19(25)21(31-13-11-23(27)28)15-22(20)32(29,30)17-24/h6-11,13-15,29-30H,3-5,12,16-17H2,1-2H3,(H,27,28)/b13-11-. The number of hydrogen-bond acceptors (Lipinski definition) is 5. The molecular formula is C24H30INO5S. The van der Waals surface area contributed by atoms with Gasteiger partial charge < -0.3 is 14.7 Å². The van der Waals surface area contributed by atoms with Crippen LogP contribution in [-0.4, -0.2) is 32.5 Å².